The van der Waals surface area contributed by atoms with Crippen molar-refractivity contribution in [1.29, 1.82) is 0 Å². The highest BCUT2D eigenvalue weighted by molar-refractivity contribution is 5.70. The quantitative estimate of drug-likeness (QED) is 0.340. The molecule has 0 aliphatic rings. The lowest BCUT2D eigenvalue weighted by molar-refractivity contribution is 0.245. The summed E-state index contributed by atoms with van der Waals surface area (Å²) in [6.45, 7) is 4.17. The van der Waals surface area contributed by atoms with Crippen LogP contribution in [0.3, 0.4) is 0 Å². The number of primary amides is 1. The molecule has 0 aliphatic carbocycles. The number of carbonyl (C=O) groups is 1. The Bertz CT molecular complexity index is 73.7. The van der Waals surface area contributed by atoms with Gasteiger partial charge in [0, 0.05) is 6.54 Å². The van der Waals surface area contributed by atoms with E-state index in [2.05, 4.69) is 17.8 Å². The third kappa shape index (κ3) is 5.23. The van der Waals surface area contributed by atoms with E-state index in [1.54, 1.807) is 0 Å². The van der Waals surface area contributed by atoms with Crippen molar-refractivity contribution >= 4 is 6.03 Å². The maximum atomic E-state index is 9.90. The highest BCUT2D eigenvalue weighted by Gasteiger charge is 1.84. The largest absolute Gasteiger partial charge is 0.351 e. The molecule has 0 rings (SSSR count). The maximum absolute atomic E-state index is 9.90. The second-order valence-electron chi connectivity index (χ2n) is 1.27. The Morgan fingerprint density at radius 1 is 1.75 bits per heavy atom. The van der Waals surface area contributed by atoms with Crippen molar-refractivity contribution in [2.75, 3.05) is 6.54 Å². The fourth-order valence-electron chi connectivity index (χ4n) is 0.238. The Kier molecular flexibility index (Phi) is 3.97. The van der Waals surface area contributed by atoms with Crippen LogP contribution < -0.4 is 16.6 Å². The minimum atomic E-state index is -0.571. The average Bonchev–Trinajstić information content (AvgIpc) is 1.66. The number of nitrogens with two attached hydrogens (primary N) is 1. The van der Waals surface area contributed by atoms with Gasteiger partial charge in [-0.1, -0.05) is 6.92 Å². The number of carbonyl (C=O) groups excluding carboxylic acids is 1. The van der Waals surface area contributed by atoms with Crippen LogP contribution in [-0.4, -0.2) is 12.6 Å². The number of hydrazine groups is 1. The Hall–Kier alpha value is -0.770. The summed E-state index contributed by atoms with van der Waals surface area (Å²) in [5.41, 5.74) is 9.44. The van der Waals surface area contributed by atoms with Gasteiger partial charge in [-0.2, -0.15) is 0 Å². The van der Waals surface area contributed by atoms with Gasteiger partial charge in [-0.15, -0.1) is 0 Å². The average molecular weight is 116 g/mol. The summed E-state index contributed by atoms with van der Waals surface area (Å²) in [5.74, 6) is 0. The second-order valence-corrected chi connectivity index (χ2v) is 1.27. The molecular weight excluding hydrogens is 106 g/mol. The fourth-order valence-corrected chi connectivity index (χ4v) is 0.238. The lowest BCUT2D eigenvalue weighted by Crippen LogP contribution is -2.41. The van der Waals surface area contributed by atoms with E-state index >= 15 is 0 Å². The predicted octanol–water partition coefficient (Wildman–Crippen LogP) is -0.617. The van der Waals surface area contributed by atoms with Gasteiger partial charge < -0.3 is 5.73 Å². The van der Waals surface area contributed by atoms with E-state index in [9.17, 15) is 4.79 Å². The zero-order valence-corrected chi connectivity index (χ0v) is 4.61. The summed E-state index contributed by atoms with van der Waals surface area (Å²) >= 11 is 0. The lowest BCUT2D eigenvalue weighted by atomic mass is 10.5. The van der Waals surface area contributed by atoms with Crippen molar-refractivity contribution in [3.63, 3.8) is 0 Å². The second kappa shape index (κ2) is 4.39. The summed E-state index contributed by atoms with van der Waals surface area (Å²) in [7, 11) is 0. The first-order valence-electron chi connectivity index (χ1n) is 2.35. The van der Waals surface area contributed by atoms with Gasteiger partial charge in [0.05, 0.1) is 0 Å². The van der Waals surface area contributed by atoms with Crippen LogP contribution in [0.2, 0.25) is 0 Å². The molecule has 0 saturated heterocycles. The first kappa shape index (κ1) is 7.23. The molecular formula is C4H10N3O. The number of urea groups is 1. The Balaban J connectivity index is 2.82. The van der Waals surface area contributed by atoms with Crippen molar-refractivity contribution in [2.45, 2.75) is 6.42 Å². The highest BCUT2D eigenvalue weighted by Crippen LogP contribution is 1.62. The molecule has 0 spiro atoms. The molecule has 0 heterocycles. The SMILES string of the molecule is [CH2]CCNNC(N)=O. The molecule has 0 aromatic carbocycles. The molecule has 4 nitrogen and oxygen atoms in total. The molecule has 1 radical (unpaired) electrons. The zero-order valence-electron chi connectivity index (χ0n) is 4.61. The van der Waals surface area contributed by atoms with Gasteiger partial charge in [0.15, 0.2) is 0 Å². The molecule has 0 aliphatic heterocycles. The number of hydrogen-bond acceptors (Lipinski definition) is 2. The fraction of sp³-hybridized carbons (Fsp3) is 0.500. The van der Waals surface area contributed by atoms with Crippen molar-refractivity contribution in [3.8, 4) is 0 Å². The third-order valence-electron chi connectivity index (χ3n) is 0.513. The maximum Gasteiger partial charge on any atom is 0.326 e. The zero-order chi connectivity index (χ0) is 6.41. The van der Waals surface area contributed by atoms with Gasteiger partial charge in [-0.25, -0.2) is 10.2 Å². The van der Waals surface area contributed by atoms with E-state index < -0.39 is 6.03 Å². The minimum absolute atomic E-state index is 0.571. The normalized spacial score (nSPS) is 8.62. The first-order chi connectivity index (χ1) is 3.77. The summed E-state index contributed by atoms with van der Waals surface area (Å²) in [4.78, 5) is 9.90. The molecule has 0 unspecified atom stereocenters. The number of amides is 2. The molecule has 0 saturated carbocycles. The van der Waals surface area contributed by atoms with Crippen LogP contribution >= 0.6 is 0 Å². The summed E-state index contributed by atoms with van der Waals surface area (Å²) < 4.78 is 0. The van der Waals surface area contributed by atoms with Gasteiger partial charge >= 0.3 is 6.03 Å². The topological polar surface area (TPSA) is 67.2 Å². The molecule has 4 N–H and O–H groups in total. The molecule has 2 amide bonds. The van der Waals surface area contributed by atoms with Crippen LogP contribution in [0.1, 0.15) is 6.42 Å². The van der Waals surface area contributed by atoms with E-state index in [-0.39, 0.29) is 0 Å². The Morgan fingerprint density at radius 3 is 2.75 bits per heavy atom. The third-order valence-corrected chi connectivity index (χ3v) is 0.513. The minimum Gasteiger partial charge on any atom is -0.351 e. The summed E-state index contributed by atoms with van der Waals surface area (Å²) in [5, 5.41) is 0. The number of rotatable bonds is 3. The van der Waals surface area contributed by atoms with Crippen molar-refractivity contribution in [2.24, 2.45) is 5.73 Å². The van der Waals surface area contributed by atoms with E-state index in [0.717, 1.165) is 6.42 Å². The van der Waals surface area contributed by atoms with E-state index in [4.69, 9.17) is 5.73 Å². The molecule has 0 bridgehead atoms. The number of nitrogens with one attached hydrogen (secondary N) is 2. The van der Waals surface area contributed by atoms with Gasteiger partial charge in [0.1, 0.15) is 0 Å². The van der Waals surface area contributed by atoms with Crippen LogP contribution in [0.15, 0.2) is 0 Å². The van der Waals surface area contributed by atoms with E-state index in [0.29, 0.717) is 6.54 Å². The Labute approximate surface area is 48.4 Å². The van der Waals surface area contributed by atoms with E-state index in [1.807, 2.05) is 0 Å². The van der Waals surface area contributed by atoms with Crippen LogP contribution in [0.5, 0.6) is 0 Å². The molecule has 0 aromatic rings. The molecule has 0 fully saturated rings. The summed E-state index contributed by atoms with van der Waals surface area (Å²) in [6.07, 6.45) is 0.722. The van der Waals surface area contributed by atoms with Gasteiger partial charge in [0.25, 0.3) is 0 Å². The first-order valence-corrected chi connectivity index (χ1v) is 2.35. The van der Waals surface area contributed by atoms with Gasteiger partial charge in [-0.05, 0) is 6.42 Å². The smallest absolute Gasteiger partial charge is 0.326 e. The monoisotopic (exact) mass is 116 g/mol. The van der Waals surface area contributed by atoms with Gasteiger partial charge in [-0.3, -0.25) is 5.43 Å². The predicted molar refractivity (Wildman–Crippen MR) is 30.7 cm³/mol. The lowest BCUT2D eigenvalue weighted by Gasteiger charge is -1.99. The summed E-state index contributed by atoms with van der Waals surface area (Å²) in [6, 6.07) is -0.571. The highest BCUT2D eigenvalue weighted by atomic mass is 16.2. The molecule has 0 aromatic heterocycles. The van der Waals surface area contributed by atoms with Crippen molar-refractivity contribution in [3.05, 3.63) is 6.92 Å². The molecule has 8 heavy (non-hydrogen) atoms. The van der Waals surface area contributed by atoms with Crippen LogP contribution in [0, 0.1) is 6.92 Å². The standard InChI is InChI=1S/C4H10N3O/c1-2-3-6-7-4(5)8/h6H,1-3H2,(H3,5,7,8). The van der Waals surface area contributed by atoms with E-state index in [1.165, 1.54) is 0 Å². The molecule has 4 heteroatoms. The van der Waals surface area contributed by atoms with Crippen LogP contribution in [0.4, 0.5) is 4.79 Å². The van der Waals surface area contributed by atoms with Gasteiger partial charge in [0.2, 0.25) is 0 Å². The van der Waals surface area contributed by atoms with Crippen molar-refractivity contribution < 1.29 is 4.79 Å². The van der Waals surface area contributed by atoms with Crippen molar-refractivity contribution in [1.82, 2.24) is 10.9 Å². The Morgan fingerprint density at radius 2 is 2.38 bits per heavy atom. The number of hydrogen-bond donors (Lipinski definition) is 3. The molecule has 0 atom stereocenters. The van der Waals surface area contributed by atoms with Crippen LogP contribution in [-0.2, 0) is 0 Å². The molecule has 47 valence electrons. The van der Waals surface area contributed by atoms with Crippen LogP contribution in [0.25, 0.3) is 0 Å².